The molecular weight excluding hydrogens is 306 g/mol. The molecule has 0 radical (unpaired) electrons. The van der Waals surface area contributed by atoms with Crippen LogP contribution in [0.15, 0.2) is 65.5 Å². The Kier molecular flexibility index (Phi) is 4.48. The van der Waals surface area contributed by atoms with Crippen molar-refractivity contribution in [1.82, 2.24) is 15.1 Å². The molecule has 0 aliphatic heterocycles. The van der Waals surface area contributed by atoms with E-state index in [9.17, 15) is 9.90 Å². The van der Waals surface area contributed by atoms with E-state index >= 15 is 0 Å². The third kappa shape index (κ3) is 3.72. The normalized spacial score (nSPS) is 13.4. The van der Waals surface area contributed by atoms with E-state index in [1.807, 2.05) is 29.1 Å². The van der Waals surface area contributed by atoms with Crippen LogP contribution in [-0.2, 0) is 12.1 Å². The Morgan fingerprint density at radius 1 is 1.29 bits per heavy atom. The van der Waals surface area contributed by atoms with Gasteiger partial charge in [0.15, 0.2) is 0 Å². The molecule has 0 bridgehead atoms. The first-order chi connectivity index (χ1) is 11.5. The average molecular weight is 325 g/mol. The van der Waals surface area contributed by atoms with E-state index in [4.69, 9.17) is 4.42 Å². The Morgan fingerprint density at radius 2 is 2.08 bits per heavy atom. The predicted octanol–water partition coefficient (Wildman–Crippen LogP) is 2.16. The molecule has 1 amide bonds. The van der Waals surface area contributed by atoms with E-state index in [0.717, 1.165) is 5.56 Å². The van der Waals surface area contributed by atoms with Crippen LogP contribution >= 0.6 is 0 Å². The summed E-state index contributed by atoms with van der Waals surface area (Å²) >= 11 is 0. The van der Waals surface area contributed by atoms with Gasteiger partial charge in [-0.1, -0.05) is 12.1 Å². The second kappa shape index (κ2) is 6.72. The molecule has 2 heterocycles. The highest BCUT2D eigenvalue weighted by molar-refractivity contribution is 5.94. The molecule has 2 aromatic heterocycles. The highest BCUT2D eigenvalue weighted by Crippen LogP contribution is 2.20. The van der Waals surface area contributed by atoms with Crippen molar-refractivity contribution in [3.63, 3.8) is 0 Å². The lowest BCUT2D eigenvalue weighted by Crippen LogP contribution is -2.38. The first-order valence-electron chi connectivity index (χ1n) is 7.65. The summed E-state index contributed by atoms with van der Waals surface area (Å²) in [5.41, 5.74) is 0.339. The number of carbonyl (C=O) groups excluding carboxylic acids is 1. The molecule has 0 saturated heterocycles. The number of rotatable bonds is 6. The van der Waals surface area contributed by atoms with Gasteiger partial charge >= 0.3 is 0 Å². The first kappa shape index (κ1) is 16.0. The van der Waals surface area contributed by atoms with Gasteiger partial charge in [-0.05, 0) is 42.8 Å². The molecule has 1 unspecified atom stereocenters. The number of nitrogens with zero attached hydrogens (tertiary/aromatic N) is 2. The summed E-state index contributed by atoms with van der Waals surface area (Å²) in [6.45, 7) is 2.32. The first-order valence-corrected chi connectivity index (χ1v) is 7.65. The minimum Gasteiger partial charge on any atom is -0.466 e. The predicted molar refractivity (Wildman–Crippen MR) is 88.4 cm³/mol. The van der Waals surface area contributed by atoms with Gasteiger partial charge in [-0.2, -0.15) is 5.10 Å². The summed E-state index contributed by atoms with van der Waals surface area (Å²) < 4.78 is 7.01. The fraction of sp³-hybridized carbons (Fsp3) is 0.222. The molecule has 2 N–H and O–H groups in total. The number of carbonyl (C=O) groups is 1. The van der Waals surface area contributed by atoms with Crippen LogP contribution in [0.1, 0.15) is 28.6 Å². The minimum absolute atomic E-state index is 0.0639. The van der Waals surface area contributed by atoms with Crippen LogP contribution in [0.4, 0.5) is 0 Å². The number of aliphatic hydroxyl groups is 1. The van der Waals surface area contributed by atoms with Crippen LogP contribution in [-0.4, -0.2) is 27.3 Å². The van der Waals surface area contributed by atoms with Crippen molar-refractivity contribution in [2.75, 3.05) is 6.54 Å². The number of amides is 1. The maximum Gasteiger partial charge on any atom is 0.251 e. The largest absolute Gasteiger partial charge is 0.466 e. The molecule has 124 valence electrons. The lowest BCUT2D eigenvalue weighted by Gasteiger charge is -2.21. The van der Waals surface area contributed by atoms with Gasteiger partial charge in [0, 0.05) is 18.0 Å². The molecule has 0 aliphatic rings. The Labute approximate surface area is 139 Å². The maximum absolute atomic E-state index is 12.2. The summed E-state index contributed by atoms with van der Waals surface area (Å²) in [6, 6.07) is 12.5. The minimum atomic E-state index is -1.25. The lowest BCUT2D eigenvalue weighted by molar-refractivity contribution is 0.0330. The number of nitrogens with one attached hydrogen (secondary N) is 1. The van der Waals surface area contributed by atoms with E-state index in [2.05, 4.69) is 10.4 Å². The molecule has 0 spiro atoms. The van der Waals surface area contributed by atoms with Gasteiger partial charge in [-0.3, -0.25) is 9.48 Å². The molecular formula is C18H19N3O3. The summed E-state index contributed by atoms with van der Waals surface area (Å²) in [6.07, 6.45) is 5.11. The Bertz CT molecular complexity index is 776. The van der Waals surface area contributed by atoms with Crippen molar-refractivity contribution in [3.8, 4) is 0 Å². The van der Waals surface area contributed by atoms with Crippen molar-refractivity contribution in [1.29, 1.82) is 0 Å². The third-order valence-electron chi connectivity index (χ3n) is 3.77. The van der Waals surface area contributed by atoms with Crippen LogP contribution in [0, 0.1) is 0 Å². The number of hydrogen-bond donors (Lipinski definition) is 2. The van der Waals surface area contributed by atoms with Crippen LogP contribution in [0.3, 0.4) is 0 Å². The average Bonchev–Trinajstić information content (AvgIpc) is 3.27. The topological polar surface area (TPSA) is 80.3 Å². The van der Waals surface area contributed by atoms with Gasteiger partial charge in [0.1, 0.15) is 11.4 Å². The summed E-state index contributed by atoms with van der Waals surface area (Å²) in [5, 5.41) is 17.2. The molecule has 0 saturated carbocycles. The summed E-state index contributed by atoms with van der Waals surface area (Å²) in [4.78, 5) is 12.2. The highest BCUT2D eigenvalue weighted by Gasteiger charge is 2.26. The summed E-state index contributed by atoms with van der Waals surface area (Å²) in [5.74, 6) is 0.171. The molecule has 24 heavy (non-hydrogen) atoms. The van der Waals surface area contributed by atoms with E-state index in [1.54, 1.807) is 37.4 Å². The molecule has 1 atom stereocenters. The molecule has 6 nitrogen and oxygen atoms in total. The van der Waals surface area contributed by atoms with E-state index in [-0.39, 0.29) is 12.5 Å². The van der Waals surface area contributed by atoms with Gasteiger partial charge in [0.05, 0.1) is 19.4 Å². The van der Waals surface area contributed by atoms with Gasteiger partial charge in [0.25, 0.3) is 5.91 Å². The number of hydrogen-bond acceptors (Lipinski definition) is 4. The van der Waals surface area contributed by atoms with Gasteiger partial charge in [-0.25, -0.2) is 0 Å². The van der Waals surface area contributed by atoms with Crippen molar-refractivity contribution >= 4 is 5.91 Å². The van der Waals surface area contributed by atoms with Gasteiger partial charge in [0.2, 0.25) is 0 Å². The molecule has 3 aromatic rings. The number of benzene rings is 1. The smallest absolute Gasteiger partial charge is 0.251 e. The SMILES string of the molecule is CC(O)(CNC(=O)c1ccc(Cn2cccn2)cc1)c1ccco1. The molecule has 0 fully saturated rings. The Balaban J connectivity index is 1.59. The third-order valence-corrected chi connectivity index (χ3v) is 3.77. The number of aromatic nitrogens is 2. The maximum atomic E-state index is 12.2. The molecule has 1 aromatic carbocycles. The standard InChI is InChI=1S/C18H19N3O3/c1-18(23,16-4-2-11-24-16)13-19-17(22)15-7-5-14(6-8-15)12-21-10-3-9-20-21/h2-11,23H,12-13H2,1H3,(H,19,22). The molecule has 0 aliphatic carbocycles. The number of furan rings is 1. The van der Waals surface area contributed by atoms with Crippen molar-refractivity contribution < 1.29 is 14.3 Å². The zero-order valence-electron chi connectivity index (χ0n) is 13.3. The van der Waals surface area contributed by atoms with E-state index in [1.165, 1.54) is 6.26 Å². The fourth-order valence-corrected chi connectivity index (χ4v) is 2.37. The van der Waals surface area contributed by atoms with Crippen LogP contribution in [0.2, 0.25) is 0 Å². The van der Waals surface area contributed by atoms with E-state index in [0.29, 0.717) is 17.9 Å². The quantitative estimate of drug-likeness (QED) is 0.728. The van der Waals surface area contributed by atoms with Gasteiger partial charge in [-0.15, -0.1) is 0 Å². The van der Waals surface area contributed by atoms with Crippen molar-refractivity contribution in [2.45, 2.75) is 19.1 Å². The lowest BCUT2D eigenvalue weighted by atomic mass is 10.0. The fourth-order valence-electron chi connectivity index (χ4n) is 2.37. The van der Waals surface area contributed by atoms with Crippen molar-refractivity contribution in [3.05, 3.63) is 78.0 Å². The Hall–Kier alpha value is -2.86. The Morgan fingerprint density at radius 3 is 2.71 bits per heavy atom. The van der Waals surface area contributed by atoms with Crippen LogP contribution in [0.25, 0.3) is 0 Å². The monoisotopic (exact) mass is 325 g/mol. The summed E-state index contributed by atoms with van der Waals surface area (Å²) in [7, 11) is 0. The van der Waals surface area contributed by atoms with Crippen molar-refractivity contribution in [2.24, 2.45) is 0 Å². The highest BCUT2D eigenvalue weighted by atomic mass is 16.4. The van der Waals surface area contributed by atoms with E-state index < -0.39 is 5.60 Å². The van der Waals surface area contributed by atoms with Crippen LogP contribution < -0.4 is 5.32 Å². The zero-order chi connectivity index (χ0) is 17.0. The second-order valence-corrected chi connectivity index (χ2v) is 5.83. The second-order valence-electron chi connectivity index (χ2n) is 5.83. The zero-order valence-corrected chi connectivity index (χ0v) is 13.3. The van der Waals surface area contributed by atoms with Crippen LogP contribution in [0.5, 0.6) is 0 Å². The molecule has 6 heteroatoms. The molecule has 3 rings (SSSR count). The van der Waals surface area contributed by atoms with Gasteiger partial charge < -0.3 is 14.8 Å².